The number of anilines is 1. The summed E-state index contributed by atoms with van der Waals surface area (Å²) in [7, 11) is -4.12. The zero-order chi connectivity index (χ0) is 21.8. The maximum atomic E-state index is 13.0. The molecule has 0 saturated carbocycles. The number of hydrogen-bond acceptors (Lipinski definition) is 4. The van der Waals surface area contributed by atoms with Crippen LogP contribution in [0.2, 0.25) is 5.02 Å². The van der Waals surface area contributed by atoms with Crippen LogP contribution in [-0.2, 0) is 21.0 Å². The molecule has 0 radical (unpaired) electrons. The number of benzene rings is 2. The highest BCUT2D eigenvalue weighted by Crippen LogP contribution is 2.36. The first-order valence-electron chi connectivity index (χ1n) is 7.80. The Balaban J connectivity index is 2.24. The van der Waals surface area contributed by atoms with Crippen LogP contribution in [0.1, 0.15) is 11.1 Å². The summed E-state index contributed by atoms with van der Waals surface area (Å²) in [4.78, 5) is 12.1. The van der Waals surface area contributed by atoms with E-state index in [4.69, 9.17) is 11.6 Å². The summed E-state index contributed by atoms with van der Waals surface area (Å²) in [6, 6.07) is 9.20. The number of nitrogens with one attached hydrogen (secondary N) is 1. The summed E-state index contributed by atoms with van der Waals surface area (Å²) in [5, 5.41) is 3.46. The zero-order valence-corrected chi connectivity index (χ0v) is 17.9. The van der Waals surface area contributed by atoms with Gasteiger partial charge in [0.25, 0.3) is 5.91 Å². The highest BCUT2D eigenvalue weighted by Gasteiger charge is 2.33. The van der Waals surface area contributed by atoms with Crippen LogP contribution in [0.15, 0.2) is 52.0 Å². The first-order chi connectivity index (χ1) is 13.4. The van der Waals surface area contributed by atoms with Crippen LogP contribution in [0.25, 0.3) is 0 Å². The van der Waals surface area contributed by atoms with Crippen LogP contribution in [0.5, 0.6) is 0 Å². The number of halogens is 5. The van der Waals surface area contributed by atoms with Crippen molar-refractivity contribution in [3.63, 3.8) is 0 Å². The third-order valence-electron chi connectivity index (χ3n) is 3.53. The van der Waals surface area contributed by atoms with Gasteiger partial charge in [0.1, 0.15) is 6.54 Å². The van der Waals surface area contributed by atoms with E-state index < -0.39 is 39.9 Å². The highest BCUT2D eigenvalue weighted by atomic mass is 79.9. The fraction of sp³-hybridized carbons (Fsp3) is 0.176. The van der Waals surface area contributed by atoms with E-state index in [0.29, 0.717) is 26.5 Å². The van der Waals surface area contributed by atoms with E-state index in [-0.39, 0.29) is 5.02 Å². The molecule has 1 amide bonds. The summed E-state index contributed by atoms with van der Waals surface area (Å²) in [5.74, 6) is -0.868. The van der Waals surface area contributed by atoms with E-state index in [1.165, 1.54) is 6.21 Å². The molecule has 0 fully saturated rings. The van der Waals surface area contributed by atoms with Crippen LogP contribution in [0, 0.1) is 0 Å². The third kappa shape index (κ3) is 6.44. The summed E-state index contributed by atoms with van der Waals surface area (Å²) in [5.41, 5.74) is 1.22. The number of carbonyl (C=O) groups excluding carboxylic acids is 1. The second-order valence-electron chi connectivity index (χ2n) is 5.75. The Morgan fingerprint density at radius 1 is 1.28 bits per heavy atom. The number of carbonyl (C=O) groups is 1. The molecule has 156 valence electrons. The van der Waals surface area contributed by atoms with Gasteiger partial charge in [0.05, 0.1) is 28.7 Å². The van der Waals surface area contributed by atoms with Crippen molar-refractivity contribution in [3.05, 3.63) is 63.1 Å². The smallest absolute Gasteiger partial charge is 0.271 e. The van der Waals surface area contributed by atoms with Crippen LogP contribution in [0.4, 0.5) is 18.9 Å². The second-order valence-corrected chi connectivity index (χ2v) is 8.92. The van der Waals surface area contributed by atoms with E-state index >= 15 is 0 Å². The zero-order valence-electron chi connectivity index (χ0n) is 14.7. The molecule has 12 heteroatoms. The molecule has 0 bridgehead atoms. The normalized spacial score (nSPS) is 12.2. The predicted octanol–water partition coefficient (Wildman–Crippen LogP) is 4.04. The van der Waals surface area contributed by atoms with Crippen LogP contribution >= 0.6 is 27.5 Å². The first kappa shape index (κ1) is 23.2. The summed E-state index contributed by atoms with van der Waals surface area (Å²) >= 11 is 9.19. The third-order valence-corrected chi connectivity index (χ3v) is 5.70. The molecule has 0 aliphatic carbocycles. The quantitative estimate of drug-likeness (QED) is 0.469. The Labute approximate surface area is 178 Å². The molecule has 2 rings (SSSR count). The minimum absolute atomic E-state index is 0.257. The standard InChI is InChI=1S/C17H14BrClF3N3O3S/c1-29(27,28)25(15-8-12(17(20,21)22)6-7-14(15)19)10-16(26)24-23-9-11-4-2-3-5-13(11)18/h2-9H,10H2,1H3,(H,24,26)/b23-9-. The Morgan fingerprint density at radius 2 is 1.93 bits per heavy atom. The van der Waals surface area contributed by atoms with Gasteiger partial charge in [-0.3, -0.25) is 9.10 Å². The van der Waals surface area contributed by atoms with Crippen molar-refractivity contribution < 1.29 is 26.4 Å². The van der Waals surface area contributed by atoms with E-state index in [0.717, 1.165) is 12.3 Å². The van der Waals surface area contributed by atoms with Gasteiger partial charge in [-0.25, -0.2) is 13.8 Å². The lowest BCUT2D eigenvalue weighted by molar-refractivity contribution is -0.137. The Kier molecular flexibility index (Phi) is 7.30. The summed E-state index contributed by atoms with van der Waals surface area (Å²) < 4.78 is 64.3. The molecule has 6 nitrogen and oxygen atoms in total. The maximum absolute atomic E-state index is 13.0. The van der Waals surface area contributed by atoms with Gasteiger partial charge in [-0.05, 0) is 24.3 Å². The number of hydrazone groups is 1. The van der Waals surface area contributed by atoms with Crippen LogP contribution < -0.4 is 9.73 Å². The molecule has 0 saturated heterocycles. The number of rotatable bonds is 6. The first-order valence-corrected chi connectivity index (χ1v) is 10.8. The maximum Gasteiger partial charge on any atom is 0.416 e. The Hall–Kier alpha value is -2.11. The Bertz CT molecular complexity index is 1050. The molecule has 0 atom stereocenters. The summed E-state index contributed by atoms with van der Waals surface area (Å²) in [6.07, 6.45) is -2.64. The monoisotopic (exact) mass is 511 g/mol. The highest BCUT2D eigenvalue weighted by molar-refractivity contribution is 9.10. The van der Waals surface area contributed by atoms with E-state index in [1.54, 1.807) is 24.3 Å². The van der Waals surface area contributed by atoms with Crippen molar-refractivity contribution in [1.82, 2.24) is 5.43 Å². The molecule has 0 aliphatic heterocycles. The lowest BCUT2D eigenvalue weighted by atomic mass is 10.2. The number of amides is 1. The van der Waals surface area contributed by atoms with Gasteiger partial charge >= 0.3 is 6.18 Å². The van der Waals surface area contributed by atoms with Gasteiger partial charge in [-0.15, -0.1) is 0 Å². The molecule has 0 aromatic heterocycles. The topological polar surface area (TPSA) is 78.8 Å². The number of alkyl halides is 3. The lowest BCUT2D eigenvalue weighted by Crippen LogP contribution is -2.39. The molecule has 1 N–H and O–H groups in total. The van der Waals surface area contributed by atoms with Crippen molar-refractivity contribution in [2.75, 3.05) is 17.1 Å². The van der Waals surface area contributed by atoms with Gasteiger partial charge < -0.3 is 0 Å². The summed E-state index contributed by atoms with van der Waals surface area (Å²) in [6.45, 7) is -0.812. The van der Waals surface area contributed by atoms with Gasteiger partial charge in [0.2, 0.25) is 10.0 Å². The van der Waals surface area contributed by atoms with Gasteiger partial charge in [-0.2, -0.15) is 18.3 Å². The van der Waals surface area contributed by atoms with Gasteiger partial charge in [-0.1, -0.05) is 45.7 Å². The molecule has 2 aromatic rings. The SMILES string of the molecule is CS(=O)(=O)N(CC(=O)N/N=C\c1ccccc1Br)c1cc(C(F)(F)F)ccc1Cl. The van der Waals surface area contributed by atoms with Gasteiger partial charge in [0.15, 0.2) is 0 Å². The Morgan fingerprint density at radius 3 is 2.52 bits per heavy atom. The molecule has 0 spiro atoms. The number of nitrogens with zero attached hydrogens (tertiary/aromatic N) is 2. The van der Waals surface area contributed by atoms with E-state index in [2.05, 4.69) is 26.5 Å². The van der Waals surface area contributed by atoms with Crippen molar-refractivity contribution in [2.24, 2.45) is 5.10 Å². The van der Waals surface area contributed by atoms with Crippen molar-refractivity contribution in [3.8, 4) is 0 Å². The molecule has 0 heterocycles. The molecular weight excluding hydrogens is 499 g/mol. The number of sulfonamides is 1. The predicted molar refractivity (Wildman–Crippen MR) is 109 cm³/mol. The average Bonchev–Trinajstić information content (AvgIpc) is 2.60. The van der Waals surface area contributed by atoms with Crippen molar-refractivity contribution in [1.29, 1.82) is 0 Å². The number of hydrogen-bond donors (Lipinski definition) is 1. The fourth-order valence-corrected chi connectivity index (χ4v) is 3.70. The van der Waals surface area contributed by atoms with Gasteiger partial charge in [0, 0.05) is 10.0 Å². The molecule has 29 heavy (non-hydrogen) atoms. The van der Waals surface area contributed by atoms with E-state index in [9.17, 15) is 26.4 Å². The lowest BCUT2D eigenvalue weighted by Gasteiger charge is -2.23. The molecule has 0 aliphatic rings. The average molecular weight is 513 g/mol. The largest absolute Gasteiger partial charge is 0.416 e. The van der Waals surface area contributed by atoms with Crippen LogP contribution in [0.3, 0.4) is 0 Å². The minimum Gasteiger partial charge on any atom is -0.271 e. The molecular formula is C17H14BrClF3N3O3S. The minimum atomic E-state index is -4.71. The van der Waals surface area contributed by atoms with Crippen molar-refractivity contribution >= 4 is 55.4 Å². The second kappa shape index (κ2) is 9.14. The van der Waals surface area contributed by atoms with Crippen molar-refractivity contribution in [2.45, 2.75) is 6.18 Å². The molecule has 2 aromatic carbocycles. The van der Waals surface area contributed by atoms with E-state index in [1.807, 2.05) is 0 Å². The molecule has 0 unspecified atom stereocenters. The van der Waals surface area contributed by atoms with Crippen LogP contribution in [-0.4, -0.2) is 33.3 Å². The fourth-order valence-electron chi connectivity index (χ4n) is 2.18.